The molecular formula is C13H23N5P2. The Morgan fingerprint density at radius 2 is 1.50 bits per heavy atom. The highest BCUT2D eigenvalue weighted by Gasteiger charge is 2.18. The van der Waals surface area contributed by atoms with E-state index in [2.05, 4.69) is 47.6 Å². The normalized spacial score (nSPS) is 11.9. The maximum atomic E-state index is 6.08. The molecule has 0 saturated carbocycles. The van der Waals surface area contributed by atoms with E-state index in [0.717, 1.165) is 46.9 Å². The second-order valence-corrected chi connectivity index (χ2v) is 10.0. The van der Waals surface area contributed by atoms with Crippen molar-refractivity contribution in [3.8, 4) is 0 Å². The minimum Gasteiger partial charge on any atom is -0.382 e. The van der Waals surface area contributed by atoms with Crippen LogP contribution in [0.25, 0.3) is 11.2 Å². The van der Waals surface area contributed by atoms with Crippen LogP contribution in [-0.4, -0.2) is 44.6 Å². The summed E-state index contributed by atoms with van der Waals surface area (Å²) < 4.78 is 0. The van der Waals surface area contributed by atoms with Crippen molar-refractivity contribution in [2.45, 2.75) is 27.7 Å². The molecule has 0 atom stereocenters. The Morgan fingerprint density at radius 3 is 2.05 bits per heavy atom. The van der Waals surface area contributed by atoms with Gasteiger partial charge >= 0.3 is 0 Å². The zero-order valence-electron chi connectivity index (χ0n) is 12.6. The van der Waals surface area contributed by atoms with Crippen LogP contribution in [0.15, 0.2) is 0 Å². The van der Waals surface area contributed by atoms with Gasteiger partial charge in [0.05, 0.1) is 0 Å². The first-order chi connectivity index (χ1) is 9.64. The summed E-state index contributed by atoms with van der Waals surface area (Å²) in [7, 11) is -0.526. The smallest absolute Gasteiger partial charge is 0.164 e. The first-order valence-corrected chi connectivity index (χ1v) is 10.6. The van der Waals surface area contributed by atoms with E-state index in [9.17, 15) is 0 Å². The number of nitrogens with zero attached hydrogens (tertiary/aromatic N) is 3. The lowest BCUT2D eigenvalue weighted by Gasteiger charge is -2.11. The average Bonchev–Trinajstić information content (AvgIpc) is 2.86. The molecule has 110 valence electrons. The van der Waals surface area contributed by atoms with Crippen LogP contribution in [0.2, 0.25) is 0 Å². The number of nitrogen functional groups attached to an aromatic ring is 1. The molecule has 0 unspecified atom stereocenters. The van der Waals surface area contributed by atoms with Crippen LogP contribution in [-0.2, 0) is 0 Å². The lowest BCUT2D eigenvalue weighted by Crippen LogP contribution is -2.16. The largest absolute Gasteiger partial charge is 0.382 e. The minimum atomic E-state index is -0.299. The first kappa shape index (κ1) is 15.6. The second-order valence-electron chi connectivity index (χ2n) is 4.51. The first-order valence-electron chi connectivity index (χ1n) is 7.17. The van der Waals surface area contributed by atoms with E-state index in [0.29, 0.717) is 5.82 Å². The van der Waals surface area contributed by atoms with Gasteiger partial charge in [-0.2, -0.15) is 0 Å². The molecule has 0 amide bonds. The van der Waals surface area contributed by atoms with Crippen LogP contribution in [0, 0.1) is 0 Å². The fourth-order valence-corrected chi connectivity index (χ4v) is 5.27. The van der Waals surface area contributed by atoms with E-state index >= 15 is 0 Å². The Hall–Kier alpha value is -0.790. The average molecular weight is 311 g/mol. The molecule has 7 heteroatoms. The van der Waals surface area contributed by atoms with Gasteiger partial charge in [-0.15, -0.1) is 0 Å². The highest BCUT2D eigenvalue weighted by atomic mass is 31.1. The molecule has 0 aromatic carbocycles. The number of anilines is 1. The molecule has 2 heterocycles. The molecule has 0 saturated heterocycles. The van der Waals surface area contributed by atoms with Crippen LogP contribution < -0.4 is 16.9 Å². The zero-order valence-corrected chi connectivity index (χ0v) is 14.4. The van der Waals surface area contributed by atoms with Gasteiger partial charge in [0.2, 0.25) is 0 Å². The van der Waals surface area contributed by atoms with Crippen molar-refractivity contribution in [3.63, 3.8) is 0 Å². The minimum absolute atomic E-state index is 0.227. The van der Waals surface area contributed by atoms with Gasteiger partial charge in [0, 0.05) is 0 Å². The Labute approximate surface area is 122 Å². The zero-order chi connectivity index (χ0) is 14.7. The predicted molar refractivity (Wildman–Crippen MR) is 91.4 cm³/mol. The molecular weight excluding hydrogens is 288 g/mol. The van der Waals surface area contributed by atoms with E-state index in [1.165, 1.54) is 0 Å². The number of aromatic nitrogens is 4. The van der Waals surface area contributed by atoms with Crippen molar-refractivity contribution in [2.75, 3.05) is 30.4 Å². The summed E-state index contributed by atoms with van der Waals surface area (Å²) in [6.45, 7) is 8.78. The second kappa shape index (κ2) is 6.78. The van der Waals surface area contributed by atoms with Gasteiger partial charge in [-0.25, -0.2) is 15.0 Å². The summed E-state index contributed by atoms with van der Waals surface area (Å²) >= 11 is 0. The van der Waals surface area contributed by atoms with Gasteiger partial charge in [0.25, 0.3) is 0 Å². The predicted octanol–water partition coefficient (Wildman–Crippen LogP) is 2.23. The van der Waals surface area contributed by atoms with Crippen molar-refractivity contribution in [1.29, 1.82) is 0 Å². The Balaban J connectivity index is 2.49. The number of aromatic amines is 1. The van der Waals surface area contributed by atoms with E-state index in [4.69, 9.17) is 5.73 Å². The van der Waals surface area contributed by atoms with Crippen molar-refractivity contribution in [1.82, 2.24) is 19.9 Å². The molecule has 5 nitrogen and oxygen atoms in total. The molecule has 0 aliphatic carbocycles. The quantitative estimate of drug-likeness (QED) is 0.802. The SMILES string of the molecule is CCP(CC)c1nc(N)c2nc(P(CC)CC)[nH]c2n1. The molecule has 2 aromatic rings. The lowest BCUT2D eigenvalue weighted by atomic mass is 10.5. The molecule has 0 bridgehead atoms. The summed E-state index contributed by atoms with van der Waals surface area (Å²) in [5.41, 5.74) is 9.59. The monoisotopic (exact) mass is 311 g/mol. The summed E-state index contributed by atoms with van der Waals surface area (Å²) in [5.74, 6) is 0.518. The number of hydrogen-bond donors (Lipinski definition) is 2. The maximum Gasteiger partial charge on any atom is 0.164 e. The van der Waals surface area contributed by atoms with E-state index in [1.54, 1.807) is 0 Å². The third kappa shape index (κ3) is 2.94. The third-order valence-corrected chi connectivity index (χ3v) is 8.09. The number of nitrogens with one attached hydrogen (secondary N) is 1. The molecule has 0 spiro atoms. The topological polar surface area (TPSA) is 80.5 Å². The molecule has 0 aliphatic heterocycles. The molecule has 0 aliphatic rings. The van der Waals surface area contributed by atoms with Gasteiger partial charge < -0.3 is 10.7 Å². The van der Waals surface area contributed by atoms with Crippen molar-refractivity contribution < 1.29 is 0 Å². The van der Waals surface area contributed by atoms with Crippen LogP contribution in [0.4, 0.5) is 5.82 Å². The lowest BCUT2D eigenvalue weighted by molar-refractivity contribution is 1.26. The van der Waals surface area contributed by atoms with Crippen LogP contribution in [0.1, 0.15) is 27.7 Å². The number of rotatable bonds is 6. The molecule has 3 N–H and O–H groups in total. The Bertz CT molecular complexity index is 575. The van der Waals surface area contributed by atoms with Gasteiger partial charge in [0.15, 0.2) is 22.5 Å². The van der Waals surface area contributed by atoms with Crippen molar-refractivity contribution in [2.24, 2.45) is 0 Å². The number of H-pyrrole nitrogens is 1. The summed E-state index contributed by atoms with van der Waals surface area (Å²) in [4.78, 5) is 17.2. The van der Waals surface area contributed by atoms with Crippen LogP contribution in [0.5, 0.6) is 0 Å². The fourth-order valence-electron chi connectivity index (χ4n) is 2.22. The fraction of sp³-hybridized carbons (Fsp3) is 0.615. The highest BCUT2D eigenvalue weighted by Crippen LogP contribution is 2.34. The number of imidazole rings is 1. The molecule has 0 fully saturated rings. The molecule has 20 heavy (non-hydrogen) atoms. The van der Waals surface area contributed by atoms with E-state index in [-0.39, 0.29) is 15.8 Å². The Kier molecular flexibility index (Phi) is 5.29. The highest BCUT2D eigenvalue weighted by molar-refractivity contribution is 7.65. The van der Waals surface area contributed by atoms with Crippen molar-refractivity contribution in [3.05, 3.63) is 0 Å². The number of fused-ring (bicyclic) bond motifs is 1. The molecule has 2 rings (SSSR count). The summed E-state index contributed by atoms with van der Waals surface area (Å²) in [6.07, 6.45) is 4.44. The van der Waals surface area contributed by atoms with Gasteiger partial charge in [0.1, 0.15) is 5.57 Å². The van der Waals surface area contributed by atoms with Gasteiger partial charge in [-0.3, -0.25) is 0 Å². The van der Waals surface area contributed by atoms with Crippen molar-refractivity contribution >= 4 is 44.0 Å². The standard InChI is InChI=1S/C13H23N5P2/c1-5-19(6-2)12-15-9-10(14)16-13(18-11(9)17-12)20(7-3)8-4/h5-8H2,1-4H3,(H3,14,15,16,17,18). The summed E-state index contributed by atoms with van der Waals surface area (Å²) in [6, 6.07) is 0. The number of nitrogens with two attached hydrogens (primary N) is 1. The van der Waals surface area contributed by atoms with Crippen LogP contribution in [0.3, 0.4) is 0 Å². The maximum absolute atomic E-state index is 6.08. The molecule has 2 aromatic heterocycles. The van der Waals surface area contributed by atoms with E-state index < -0.39 is 0 Å². The van der Waals surface area contributed by atoms with E-state index in [1.807, 2.05) is 0 Å². The molecule has 0 radical (unpaired) electrons. The van der Waals surface area contributed by atoms with Crippen LogP contribution >= 0.6 is 15.8 Å². The third-order valence-electron chi connectivity index (χ3n) is 3.46. The summed E-state index contributed by atoms with van der Waals surface area (Å²) in [5, 5.41) is 0. The van der Waals surface area contributed by atoms with Gasteiger partial charge in [-0.05, 0) is 40.5 Å². The Morgan fingerprint density at radius 1 is 0.900 bits per heavy atom. The number of hydrogen-bond acceptors (Lipinski definition) is 4. The van der Waals surface area contributed by atoms with Gasteiger partial charge in [-0.1, -0.05) is 27.7 Å².